The first-order valence-corrected chi connectivity index (χ1v) is 16.4. The second-order valence-electron chi connectivity index (χ2n) is 12.3. The maximum Gasteiger partial charge on any atom is 0.232 e. The van der Waals surface area contributed by atoms with Crippen LogP contribution in [0.1, 0.15) is 81.9 Å². The molecule has 7 heteroatoms. The van der Waals surface area contributed by atoms with E-state index in [2.05, 4.69) is 50.4 Å². The predicted octanol–water partition coefficient (Wildman–Crippen LogP) is 7.90. The molecule has 0 bridgehead atoms. The van der Waals surface area contributed by atoms with Crippen molar-refractivity contribution in [3.8, 4) is 11.5 Å². The van der Waals surface area contributed by atoms with Crippen molar-refractivity contribution in [2.24, 2.45) is 5.92 Å². The number of carbonyl (C=O) groups is 1. The van der Waals surface area contributed by atoms with Crippen LogP contribution in [0.2, 0.25) is 0 Å². The maximum atomic E-state index is 13.7. The smallest absolute Gasteiger partial charge is 0.232 e. The average molecular weight is 592 g/mol. The first kappa shape index (κ1) is 31.8. The first-order chi connectivity index (χ1) is 20.2. The number of anilines is 1. The van der Waals surface area contributed by atoms with Crippen molar-refractivity contribution in [3.05, 3.63) is 89.5 Å². The zero-order chi connectivity index (χ0) is 30.0. The fraction of sp³-hybridized carbons (Fsp3) is 0.457. The van der Waals surface area contributed by atoms with Crippen LogP contribution in [-0.4, -0.2) is 33.6 Å². The molecule has 3 aromatic carbocycles. The quantitative estimate of drug-likeness (QED) is 0.156. The standard InChI is InChI=1S/C35H45NO5S/c1-35(2,3)29-14-12-28(13-15-29)33(24-26-10-18-31(19-11-26)40-22-7-23-42(38)39)34(37)36-30-16-20-32(21-17-30)41-25-27-8-5-4-6-9-27/h10-21,27,33H,4-9,22-25H2,1-3H3,(H,36,37)(H,38,39). The van der Waals surface area contributed by atoms with Crippen molar-refractivity contribution in [2.45, 2.75) is 77.0 Å². The van der Waals surface area contributed by atoms with Gasteiger partial charge in [0, 0.05) is 5.69 Å². The summed E-state index contributed by atoms with van der Waals surface area (Å²) in [5.41, 5.74) is 3.98. The molecule has 4 rings (SSSR count). The monoisotopic (exact) mass is 591 g/mol. The number of hydrogen-bond donors (Lipinski definition) is 2. The van der Waals surface area contributed by atoms with Crippen molar-refractivity contribution >= 4 is 22.7 Å². The molecule has 1 aliphatic rings. The Balaban J connectivity index is 1.42. The van der Waals surface area contributed by atoms with E-state index in [9.17, 15) is 9.00 Å². The fourth-order valence-electron chi connectivity index (χ4n) is 5.34. The Morgan fingerprint density at radius 1 is 0.905 bits per heavy atom. The largest absolute Gasteiger partial charge is 0.494 e. The van der Waals surface area contributed by atoms with E-state index in [1.807, 2.05) is 48.5 Å². The Labute approximate surface area is 253 Å². The van der Waals surface area contributed by atoms with Crippen molar-refractivity contribution in [2.75, 3.05) is 24.3 Å². The predicted molar refractivity (Wildman–Crippen MR) is 171 cm³/mol. The molecule has 0 radical (unpaired) electrons. The highest BCUT2D eigenvalue weighted by Crippen LogP contribution is 2.29. The molecule has 0 aliphatic heterocycles. The minimum atomic E-state index is -1.81. The van der Waals surface area contributed by atoms with Gasteiger partial charge in [-0.25, -0.2) is 4.21 Å². The molecule has 3 aromatic rings. The summed E-state index contributed by atoms with van der Waals surface area (Å²) in [5, 5.41) is 3.13. The molecule has 1 saturated carbocycles. The van der Waals surface area contributed by atoms with Crippen LogP contribution in [-0.2, 0) is 27.7 Å². The molecular weight excluding hydrogens is 546 g/mol. The summed E-state index contributed by atoms with van der Waals surface area (Å²) in [7, 11) is 0. The average Bonchev–Trinajstić information content (AvgIpc) is 2.98. The van der Waals surface area contributed by atoms with Crippen LogP contribution in [0.4, 0.5) is 5.69 Å². The Hall–Kier alpha value is -3.16. The van der Waals surface area contributed by atoms with Crippen LogP contribution in [0.3, 0.4) is 0 Å². The van der Waals surface area contributed by atoms with Gasteiger partial charge in [-0.15, -0.1) is 0 Å². The van der Waals surface area contributed by atoms with Crippen molar-refractivity contribution in [3.63, 3.8) is 0 Å². The number of carbonyl (C=O) groups excluding carboxylic acids is 1. The second-order valence-corrected chi connectivity index (χ2v) is 13.4. The zero-order valence-corrected chi connectivity index (χ0v) is 26.0. The number of rotatable bonds is 13. The van der Waals surface area contributed by atoms with Crippen LogP contribution >= 0.6 is 0 Å². The number of hydrogen-bond acceptors (Lipinski definition) is 4. The van der Waals surface area contributed by atoms with Gasteiger partial charge >= 0.3 is 0 Å². The molecule has 0 aromatic heterocycles. The number of nitrogens with one attached hydrogen (secondary N) is 1. The molecule has 0 saturated heterocycles. The molecule has 1 amide bonds. The van der Waals surface area contributed by atoms with Gasteiger partial charge in [-0.05, 0) is 90.1 Å². The summed E-state index contributed by atoms with van der Waals surface area (Å²) in [6, 6.07) is 23.8. The van der Waals surface area contributed by atoms with E-state index in [1.165, 1.54) is 37.7 Å². The lowest BCUT2D eigenvalue weighted by molar-refractivity contribution is -0.117. The molecule has 1 fully saturated rings. The number of amides is 1. The highest BCUT2D eigenvalue weighted by Gasteiger charge is 2.23. The van der Waals surface area contributed by atoms with Gasteiger partial charge in [-0.2, -0.15) is 0 Å². The summed E-state index contributed by atoms with van der Waals surface area (Å²) in [4.78, 5) is 13.7. The van der Waals surface area contributed by atoms with Gasteiger partial charge in [0.25, 0.3) is 0 Å². The second kappa shape index (κ2) is 15.4. The minimum absolute atomic E-state index is 0.0269. The fourth-order valence-corrected chi connectivity index (χ4v) is 5.70. The summed E-state index contributed by atoms with van der Waals surface area (Å²) in [5.74, 6) is 1.92. The summed E-state index contributed by atoms with van der Waals surface area (Å²) in [6.45, 7) is 7.68. The number of benzene rings is 3. The van der Waals surface area contributed by atoms with Crippen LogP contribution in [0.25, 0.3) is 0 Å². The Kier molecular flexibility index (Phi) is 11.6. The summed E-state index contributed by atoms with van der Waals surface area (Å²) in [6.07, 6.45) is 7.46. The molecule has 0 heterocycles. The van der Waals surface area contributed by atoms with E-state index < -0.39 is 11.1 Å². The molecule has 226 valence electrons. The third-order valence-corrected chi connectivity index (χ3v) is 8.56. The Bertz CT molecular complexity index is 1280. The third-order valence-electron chi connectivity index (χ3n) is 7.92. The van der Waals surface area contributed by atoms with E-state index in [0.29, 0.717) is 31.1 Å². The van der Waals surface area contributed by atoms with Gasteiger partial charge in [0.15, 0.2) is 11.1 Å². The van der Waals surface area contributed by atoms with Gasteiger partial charge in [-0.3, -0.25) is 4.79 Å². The van der Waals surface area contributed by atoms with E-state index in [-0.39, 0.29) is 23.0 Å². The van der Waals surface area contributed by atoms with Gasteiger partial charge in [0.05, 0.1) is 24.9 Å². The van der Waals surface area contributed by atoms with Crippen LogP contribution in [0, 0.1) is 5.92 Å². The molecule has 2 unspecified atom stereocenters. The van der Waals surface area contributed by atoms with Crippen molar-refractivity contribution in [1.82, 2.24) is 0 Å². The normalized spacial score (nSPS) is 15.5. The molecule has 1 aliphatic carbocycles. The van der Waals surface area contributed by atoms with E-state index >= 15 is 0 Å². The molecular formula is C35H45NO5S. The molecule has 2 atom stereocenters. The molecule has 2 N–H and O–H groups in total. The lowest BCUT2D eigenvalue weighted by Crippen LogP contribution is -2.23. The van der Waals surface area contributed by atoms with E-state index in [4.69, 9.17) is 14.0 Å². The van der Waals surface area contributed by atoms with Crippen LogP contribution < -0.4 is 14.8 Å². The van der Waals surface area contributed by atoms with Gasteiger partial charge < -0.3 is 19.3 Å². The maximum absolute atomic E-state index is 13.7. The van der Waals surface area contributed by atoms with Gasteiger partial charge in [0.2, 0.25) is 5.91 Å². The molecule has 42 heavy (non-hydrogen) atoms. The van der Waals surface area contributed by atoms with Crippen LogP contribution in [0.5, 0.6) is 11.5 Å². The molecule has 6 nitrogen and oxygen atoms in total. The number of ether oxygens (including phenoxy) is 2. The third kappa shape index (κ3) is 9.99. The van der Waals surface area contributed by atoms with Gasteiger partial charge in [-0.1, -0.05) is 76.4 Å². The van der Waals surface area contributed by atoms with Crippen molar-refractivity contribution in [1.29, 1.82) is 0 Å². The minimum Gasteiger partial charge on any atom is -0.494 e. The van der Waals surface area contributed by atoms with E-state index in [1.54, 1.807) is 0 Å². The van der Waals surface area contributed by atoms with E-state index in [0.717, 1.165) is 29.2 Å². The lowest BCUT2D eigenvalue weighted by Gasteiger charge is -2.22. The summed E-state index contributed by atoms with van der Waals surface area (Å²) < 4.78 is 31.5. The highest BCUT2D eigenvalue weighted by atomic mass is 32.2. The van der Waals surface area contributed by atoms with Crippen LogP contribution in [0.15, 0.2) is 72.8 Å². The Morgan fingerprint density at radius 2 is 1.52 bits per heavy atom. The highest BCUT2D eigenvalue weighted by molar-refractivity contribution is 7.79. The van der Waals surface area contributed by atoms with Crippen molar-refractivity contribution < 1.29 is 23.0 Å². The first-order valence-electron chi connectivity index (χ1n) is 15.1. The van der Waals surface area contributed by atoms with Gasteiger partial charge in [0.1, 0.15) is 11.5 Å². The SMILES string of the molecule is CC(C)(C)c1ccc(C(Cc2ccc(OCCCS(=O)O)cc2)C(=O)Nc2ccc(OCC3CCCCC3)cc2)cc1. The lowest BCUT2D eigenvalue weighted by atomic mass is 9.84. The summed E-state index contributed by atoms with van der Waals surface area (Å²) >= 11 is -1.81. The Morgan fingerprint density at radius 3 is 2.14 bits per heavy atom. The topological polar surface area (TPSA) is 84.9 Å². The zero-order valence-electron chi connectivity index (χ0n) is 25.1. The molecule has 0 spiro atoms.